The number of benzene rings is 1. The smallest absolute Gasteiger partial charge is 0.313 e. The van der Waals surface area contributed by atoms with E-state index >= 15 is 0 Å². The standard InChI is InChI=1S/C15H16F2N4O2/c1-23-14(22)12(11-6-7-15(16,17)8-11)9-2-4-10(5-3-9)13-18-20-21-19-13/h2-5,11-12H,6-8H2,1H3,(H,18,19,20,21). The van der Waals surface area contributed by atoms with Crippen molar-refractivity contribution in [2.24, 2.45) is 5.92 Å². The summed E-state index contributed by atoms with van der Waals surface area (Å²) in [5.41, 5.74) is 1.38. The van der Waals surface area contributed by atoms with E-state index < -0.39 is 23.7 Å². The fourth-order valence-corrected chi connectivity index (χ4v) is 3.12. The molecule has 1 heterocycles. The molecule has 0 spiro atoms. The van der Waals surface area contributed by atoms with Gasteiger partial charge in [-0.15, -0.1) is 10.2 Å². The number of methoxy groups -OCH3 is 1. The van der Waals surface area contributed by atoms with E-state index in [9.17, 15) is 13.6 Å². The minimum atomic E-state index is -2.71. The Morgan fingerprint density at radius 3 is 2.65 bits per heavy atom. The van der Waals surface area contributed by atoms with Crippen molar-refractivity contribution in [3.05, 3.63) is 29.8 Å². The number of tetrazole rings is 1. The van der Waals surface area contributed by atoms with Crippen LogP contribution in [0.25, 0.3) is 11.4 Å². The fraction of sp³-hybridized carbons (Fsp3) is 0.467. The molecular weight excluding hydrogens is 306 g/mol. The highest BCUT2D eigenvalue weighted by Crippen LogP contribution is 2.45. The molecule has 23 heavy (non-hydrogen) atoms. The van der Waals surface area contributed by atoms with Gasteiger partial charge in [0, 0.05) is 18.4 Å². The van der Waals surface area contributed by atoms with Crippen molar-refractivity contribution >= 4 is 5.97 Å². The van der Waals surface area contributed by atoms with E-state index in [0.29, 0.717) is 17.8 Å². The molecule has 0 saturated heterocycles. The molecule has 2 aromatic rings. The van der Waals surface area contributed by atoms with Crippen molar-refractivity contribution < 1.29 is 18.3 Å². The number of hydrogen-bond donors (Lipinski definition) is 1. The van der Waals surface area contributed by atoms with E-state index in [0.717, 1.165) is 5.56 Å². The lowest BCUT2D eigenvalue weighted by atomic mass is 9.84. The molecule has 0 amide bonds. The second-order valence-electron chi connectivity index (χ2n) is 5.72. The predicted octanol–water partition coefficient (Wildman–Crippen LogP) is 2.56. The van der Waals surface area contributed by atoms with E-state index in [1.54, 1.807) is 24.3 Å². The van der Waals surface area contributed by atoms with Crippen LogP contribution in [0.15, 0.2) is 24.3 Å². The molecule has 6 nitrogen and oxygen atoms in total. The van der Waals surface area contributed by atoms with Gasteiger partial charge in [0.2, 0.25) is 11.7 Å². The summed E-state index contributed by atoms with van der Waals surface area (Å²) >= 11 is 0. The molecule has 1 N–H and O–H groups in total. The maximum absolute atomic E-state index is 13.5. The summed E-state index contributed by atoms with van der Waals surface area (Å²) in [6, 6.07) is 6.93. The number of H-pyrrole nitrogens is 1. The van der Waals surface area contributed by atoms with Gasteiger partial charge in [-0.25, -0.2) is 8.78 Å². The van der Waals surface area contributed by atoms with Crippen molar-refractivity contribution in [3.8, 4) is 11.4 Å². The average Bonchev–Trinajstić information content (AvgIpc) is 3.18. The largest absolute Gasteiger partial charge is 0.469 e. The second-order valence-corrected chi connectivity index (χ2v) is 5.72. The zero-order valence-electron chi connectivity index (χ0n) is 12.5. The second kappa shape index (κ2) is 6.02. The zero-order valence-corrected chi connectivity index (χ0v) is 12.5. The van der Waals surface area contributed by atoms with Crippen molar-refractivity contribution in [3.63, 3.8) is 0 Å². The van der Waals surface area contributed by atoms with Crippen LogP contribution in [-0.4, -0.2) is 39.6 Å². The average molecular weight is 322 g/mol. The first-order valence-electron chi connectivity index (χ1n) is 7.29. The van der Waals surface area contributed by atoms with Gasteiger partial charge in [0.1, 0.15) is 0 Å². The monoisotopic (exact) mass is 322 g/mol. The molecule has 1 aliphatic rings. The van der Waals surface area contributed by atoms with Gasteiger partial charge in [-0.3, -0.25) is 4.79 Å². The van der Waals surface area contributed by atoms with Crippen LogP contribution < -0.4 is 0 Å². The molecule has 3 rings (SSSR count). The van der Waals surface area contributed by atoms with Gasteiger partial charge in [-0.05, 0) is 23.1 Å². The van der Waals surface area contributed by atoms with Crippen LogP contribution in [0.3, 0.4) is 0 Å². The molecule has 1 aliphatic carbocycles. The lowest BCUT2D eigenvalue weighted by molar-refractivity contribution is -0.144. The number of ether oxygens (including phenoxy) is 1. The molecule has 0 bridgehead atoms. The van der Waals surface area contributed by atoms with Gasteiger partial charge >= 0.3 is 5.97 Å². The van der Waals surface area contributed by atoms with Crippen LogP contribution in [0.5, 0.6) is 0 Å². The molecule has 0 aliphatic heterocycles. The highest BCUT2D eigenvalue weighted by Gasteiger charge is 2.45. The highest BCUT2D eigenvalue weighted by atomic mass is 19.3. The molecular formula is C15H16F2N4O2. The normalized spacial score (nSPS) is 21.1. The highest BCUT2D eigenvalue weighted by molar-refractivity contribution is 5.78. The van der Waals surface area contributed by atoms with Crippen LogP contribution >= 0.6 is 0 Å². The van der Waals surface area contributed by atoms with E-state index in [-0.39, 0.29) is 12.8 Å². The first kappa shape index (κ1) is 15.5. The first-order valence-corrected chi connectivity index (χ1v) is 7.29. The Labute approximate surface area is 131 Å². The Hall–Kier alpha value is -2.38. The van der Waals surface area contributed by atoms with Crippen molar-refractivity contribution in [1.29, 1.82) is 0 Å². The van der Waals surface area contributed by atoms with Gasteiger partial charge in [0.15, 0.2) is 0 Å². The summed E-state index contributed by atoms with van der Waals surface area (Å²) in [7, 11) is 1.27. The summed E-state index contributed by atoms with van der Waals surface area (Å²) < 4.78 is 31.8. The van der Waals surface area contributed by atoms with Gasteiger partial charge in [-0.1, -0.05) is 24.3 Å². The first-order chi connectivity index (χ1) is 11.0. The number of aromatic nitrogens is 4. The fourth-order valence-electron chi connectivity index (χ4n) is 3.12. The molecule has 1 aromatic heterocycles. The minimum Gasteiger partial charge on any atom is -0.469 e. The van der Waals surface area contributed by atoms with E-state index in [4.69, 9.17) is 4.74 Å². The van der Waals surface area contributed by atoms with Gasteiger partial charge < -0.3 is 4.74 Å². The molecule has 0 radical (unpaired) electrons. The number of hydrogen-bond acceptors (Lipinski definition) is 5. The quantitative estimate of drug-likeness (QED) is 0.875. The van der Waals surface area contributed by atoms with E-state index in [1.807, 2.05) is 0 Å². The van der Waals surface area contributed by atoms with Gasteiger partial charge in [-0.2, -0.15) is 5.21 Å². The number of aromatic amines is 1. The maximum Gasteiger partial charge on any atom is 0.313 e. The Morgan fingerprint density at radius 1 is 1.39 bits per heavy atom. The Kier molecular flexibility index (Phi) is 4.06. The molecule has 1 saturated carbocycles. The molecule has 2 unspecified atom stereocenters. The summed E-state index contributed by atoms with van der Waals surface area (Å²) in [6.45, 7) is 0. The minimum absolute atomic E-state index is 0.188. The van der Waals surface area contributed by atoms with Crippen molar-refractivity contribution in [1.82, 2.24) is 20.6 Å². The van der Waals surface area contributed by atoms with Crippen LogP contribution in [-0.2, 0) is 9.53 Å². The Morgan fingerprint density at radius 2 is 2.13 bits per heavy atom. The molecule has 1 aromatic carbocycles. The Balaban J connectivity index is 1.87. The van der Waals surface area contributed by atoms with Crippen LogP contribution in [0.4, 0.5) is 8.78 Å². The third kappa shape index (κ3) is 3.20. The van der Waals surface area contributed by atoms with Crippen LogP contribution in [0, 0.1) is 5.92 Å². The number of esters is 1. The molecule has 8 heteroatoms. The number of carbonyl (C=O) groups is 1. The number of nitrogens with one attached hydrogen (secondary N) is 1. The lowest BCUT2D eigenvalue weighted by Gasteiger charge is -2.21. The topological polar surface area (TPSA) is 80.8 Å². The van der Waals surface area contributed by atoms with E-state index in [2.05, 4.69) is 20.6 Å². The predicted molar refractivity (Wildman–Crippen MR) is 76.7 cm³/mol. The van der Waals surface area contributed by atoms with Gasteiger partial charge in [0.05, 0.1) is 13.0 Å². The van der Waals surface area contributed by atoms with Gasteiger partial charge in [0.25, 0.3) is 0 Å². The summed E-state index contributed by atoms with van der Waals surface area (Å²) in [6.07, 6.45) is -0.176. The number of alkyl halides is 2. The third-order valence-corrected chi connectivity index (χ3v) is 4.24. The lowest BCUT2D eigenvalue weighted by Crippen LogP contribution is -2.23. The van der Waals surface area contributed by atoms with Crippen LogP contribution in [0.1, 0.15) is 30.7 Å². The Bertz CT molecular complexity index is 673. The molecule has 122 valence electrons. The SMILES string of the molecule is COC(=O)C(c1ccc(-c2nn[nH]n2)cc1)C1CCC(F)(F)C1. The number of nitrogens with zero attached hydrogens (tertiary/aromatic N) is 3. The zero-order chi connectivity index (χ0) is 16.4. The van der Waals surface area contributed by atoms with Crippen molar-refractivity contribution in [2.45, 2.75) is 31.1 Å². The summed E-state index contributed by atoms with van der Waals surface area (Å²) in [5.74, 6) is -3.87. The summed E-state index contributed by atoms with van der Waals surface area (Å²) in [4.78, 5) is 12.1. The molecule has 1 fully saturated rings. The summed E-state index contributed by atoms with van der Waals surface area (Å²) in [5, 5.41) is 13.6. The van der Waals surface area contributed by atoms with Crippen molar-refractivity contribution in [2.75, 3.05) is 7.11 Å². The number of halogens is 2. The maximum atomic E-state index is 13.5. The number of rotatable bonds is 4. The van der Waals surface area contributed by atoms with Crippen LogP contribution in [0.2, 0.25) is 0 Å². The molecule has 2 atom stereocenters. The number of carbonyl (C=O) groups excluding carboxylic acids is 1. The van der Waals surface area contributed by atoms with E-state index in [1.165, 1.54) is 7.11 Å². The third-order valence-electron chi connectivity index (χ3n) is 4.24.